The maximum absolute atomic E-state index is 12.4. The van der Waals surface area contributed by atoms with Gasteiger partial charge in [-0.1, -0.05) is 36.4 Å². The molecule has 0 radical (unpaired) electrons. The highest BCUT2D eigenvalue weighted by Crippen LogP contribution is 2.27. The van der Waals surface area contributed by atoms with Crippen LogP contribution in [0.15, 0.2) is 43.0 Å². The predicted octanol–water partition coefficient (Wildman–Crippen LogP) is 1.92. The number of carbonyl (C=O) groups excluding carboxylic acids is 1. The fraction of sp³-hybridized carbons (Fsp3) is 0.400. The van der Waals surface area contributed by atoms with E-state index in [0.29, 0.717) is 26.3 Å². The molecule has 1 atom stereocenters. The van der Waals surface area contributed by atoms with Crippen LogP contribution in [0.1, 0.15) is 12.5 Å². The first-order valence-electron chi connectivity index (χ1n) is 6.41. The second-order valence-corrected chi connectivity index (χ2v) is 4.69. The maximum atomic E-state index is 12.4. The van der Waals surface area contributed by atoms with Crippen LogP contribution in [-0.2, 0) is 19.8 Å². The lowest BCUT2D eigenvalue weighted by molar-refractivity contribution is -0.209. The highest BCUT2D eigenvalue weighted by Gasteiger charge is 2.35. The summed E-state index contributed by atoms with van der Waals surface area (Å²) in [5.41, 5.74) is 0.0443. The Labute approximate surface area is 113 Å². The summed E-state index contributed by atoms with van der Waals surface area (Å²) in [6, 6.07) is 9.53. The van der Waals surface area contributed by atoms with Crippen LogP contribution in [0, 0.1) is 0 Å². The van der Waals surface area contributed by atoms with Crippen LogP contribution in [0.5, 0.6) is 0 Å². The Bertz CT molecular complexity index is 440. The second kappa shape index (κ2) is 5.99. The van der Waals surface area contributed by atoms with Crippen molar-refractivity contribution in [2.75, 3.05) is 26.3 Å². The average Bonchev–Trinajstić information content (AvgIpc) is 2.48. The highest BCUT2D eigenvalue weighted by molar-refractivity contribution is 5.84. The van der Waals surface area contributed by atoms with E-state index in [1.807, 2.05) is 37.3 Å². The zero-order chi connectivity index (χ0) is 13.7. The summed E-state index contributed by atoms with van der Waals surface area (Å²) < 4.78 is 5.22. The zero-order valence-electron chi connectivity index (χ0n) is 11.2. The van der Waals surface area contributed by atoms with E-state index in [1.165, 1.54) is 0 Å². The minimum absolute atomic E-state index is 0.310. The predicted molar refractivity (Wildman–Crippen MR) is 72.5 cm³/mol. The van der Waals surface area contributed by atoms with Crippen LogP contribution in [0.3, 0.4) is 0 Å². The van der Waals surface area contributed by atoms with Crippen LogP contribution in [-0.4, -0.2) is 37.3 Å². The molecule has 1 unspecified atom stereocenters. The molecule has 0 spiro atoms. The third-order valence-corrected chi connectivity index (χ3v) is 3.39. The topological polar surface area (TPSA) is 38.8 Å². The van der Waals surface area contributed by atoms with E-state index in [9.17, 15) is 4.79 Å². The smallest absolute Gasteiger partial charge is 0.339 e. The first-order valence-corrected chi connectivity index (χ1v) is 6.41. The molecule has 0 amide bonds. The van der Waals surface area contributed by atoms with Gasteiger partial charge in [-0.2, -0.15) is 0 Å². The van der Waals surface area contributed by atoms with Gasteiger partial charge >= 0.3 is 5.97 Å². The van der Waals surface area contributed by atoms with Crippen molar-refractivity contribution in [3.8, 4) is 0 Å². The van der Waals surface area contributed by atoms with Gasteiger partial charge in [-0.15, -0.1) is 11.6 Å². The molecule has 0 aliphatic carbocycles. The van der Waals surface area contributed by atoms with Gasteiger partial charge in [0.25, 0.3) is 0 Å². The Morgan fingerprint density at radius 1 is 1.37 bits per heavy atom. The number of morpholine rings is 1. The van der Waals surface area contributed by atoms with Gasteiger partial charge in [0.05, 0.1) is 26.3 Å². The van der Waals surface area contributed by atoms with Gasteiger partial charge in [-0.3, -0.25) is 0 Å². The minimum Gasteiger partial charge on any atom is -0.379 e. The molecule has 4 nitrogen and oxygen atoms in total. The fourth-order valence-corrected chi connectivity index (χ4v) is 1.95. The van der Waals surface area contributed by atoms with Crippen molar-refractivity contribution in [3.63, 3.8) is 0 Å². The van der Waals surface area contributed by atoms with Gasteiger partial charge < -0.3 is 9.57 Å². The van der Waals surface area contributed by atoms with Crippen LogP contribution in [0.2, 0.25) is 0 Å². The summed E-state index contributed by atoms with van der Waals surface area (Å²) in [7, 11) is 0. The number of nitrogens with zero attached hydrogens (tertiary/aromatic N) is 1. The van der Waals surface area contributed by atoms with Crippen molar-refractivity contribution in [2.24, 2.45) is 0 Å². The first kappa shape index (κ1) is 13.8. The summed E-state index contributed by atoms with van der Waals surface area (Å²) in [6.07, 6.45) is 1.63. The maximum Gasteiger partial charge on any atom is 0.339 e. The number of benzene rings is 1. The third kappa shape index (κ3) is 3.03. The van der Waals surface area contributed by atoms with E-state index in [2.05, 4.69) is 6.58 Å². The van der Waals surface area contributed by atoms with E-state index in [4.69, 9.17) is 9.57 Å². The van der Waals surface area contributed by atoms with Crippen molar-refractivity contribution in [2.45, 2.75) is 12.3 Å². The summed E-state index contributed by atoms with van der Waals surface area (Å²) in [5, 5.41) is 1.65. The lowest BCUT2D eigenvalue weighted by atomic mass is 9.83. The van der Waals surface area contributed by atoms with E-state index in [-0.39, 0.29) is 5.97 Å². The first-order chi connectivity index (χ1) is 9.16. The summed E-state index contributed by atoms with van der Waals surface area (Å²) in [4.78, 5) is 17.8. The van der Waals surface area contributed by atoms with E-state index >= 15 is 0 Å². The Kier molecular flexibility index (Phi) is 4.35. The molecule has 1 fully saturated rings. The second-order valence-electron chi connectivity index (χ2n) is 4.69. The van der Waals surface area contributed by atoms with E-state index in [1.54, 1.807) is 11.1 Å². The molecule has 1 heterocycles. The average molecular weight is 261 g/mol. The van der Waals surface area contributed by atoms with Gasteiger partial charge in [-0.05, 0) is 12.5 Å². The molecule has 19 heavy (non-hydrogen) atoms. The zero-order valence-corrected chi connectivity index (χ0v) is 11.2. The van der Waals surface area contributed by atoms with Crippen LogP contribution >= 0.6 is 0 Å². The minimum atomic E-state index is -0.834. The summed E-state index contributed by atoms with van der Waals surface area (Å²) >= 11 is 0. The molecule has 0 saturated carbocycles. The van der Waals surface area contributed by atoms with E-state index < -0.39 is 5.41 Å². The van der Waals surface area contributed by atoms with Crippen molar-refractivity contribution < 1.29 is 14.4 Å². The number of ether oxygens (including phenoxy) is 1. The highest BCUT2D eigenvalue weighted by atomic mass is 16.7. The van der Waals surface area contributed by atoms with Crippen LogP contribution < -0.4 is 0 Å². The van der Waals surface area contributed by atoms with Gasteiger partial charge in [0.1, 0.15) is 5.41 Å². The van der Waals surface area contributed by atoms with Crippen LogP contribution in [0.4, 0.5) is 0 Å². The molecule has 0 bridgehead atoms. The molecular weight excluding hydrogens is 242 g/mol. The monoisotopic (exact) mass is 261 g/mol. The van der Waals surface area contributed by atoms with Crippen molar-refractivity contribution in [1.29, 1.82) is 0 Å². The number of hydrogen-bond acceptors (Lipinski definition) is 4. The molecule has 102 valence electrons. The summed E-state index contributed by atoms with van der Waals surface area (Å²) in [5.74, 6) is -0.310. The molecule has 2 rings (SSSR count). The molecule has 1 saturated heterocycles. The molecule has 1 aromatic carbocycles. The van der Waals surface area contributed by atoms with E-state index in [0.717, 1.165) is 5.56 Å². The van der Waals surface area contributed by atoms with Gasteiger partial charge in [0.2, 0.25) is 0 Å². The molecule has 4 heteroatoms. The summed E-state index contributed by atoms with van der Waals surface area (Å²) in [6.45, 7) is 7.98. The van der Waals surface area contributed by atoms with Crippen molar-refractivity contribution in [3.05, 3.63) is 48.6 Å². The van der Waals surface area contributed by atoms with Crippen molar-refractivity contribution in [1.82, 2.24) is 5.06 Å². The SMILES string of the molecule is C=CC(C)(C(=O)ON1CCOCC1)c1ccccc1. The molecule has 0 aromatic heterocycles. The lowest BCUT2D eigenvalue weighted by Gasteiger charge is -2.30. The third-order valence-electron chi connectivity index (χ3n) is 3.39. The lowest BCUT2D eigenvalue weighted by Crippen LogP contribution is -2.43. The van der Waals surface area contributed by atoms with Crippen LogP contribution in [0.25, 0.3) is 0 Å². The molecular formula is C15H19NO3. The Morgan fingerprint density at radius 3 is 2.58 bits per heavy atom. The Hall–Kier alpha value is -1.65. The molecule has 0 N–H and O–H groups in total. The molecule has 1 aromatic rings. The van der Waals surface area contributed by atoms with Crippen molar-refractivity contribution >= 4 is 5.97 Å². The quantitative estimate of drug-likeness (QED) is 0.776. The Balaban J connectivity index is 2.12. The normalized spacial score (nSPS) is 19.4. The molecule has 1 aliphatic heterocycles. The number of hydroxylamine groups is 2. The number of hydrogen-bond donors (Lipinski definition) is 0. The standard InChI is InChI=1S/C15H19NO3/c1-3-15(2,13-7-5-4-6-8-13)14(17)19-16-9-11-18-12-10-16/h3-8H,1,9-12H2,2H3. The van der Waals surface area contributed by atoms with Gasteiger partial charge in [0, 0.05) is 0 Å². The number of carbonyl (C=O) groups is 1. The van der Waals surface area contributed by atoms with Gasteiger partial charge in [0.15, 0.2) is 0 Å². The van der Waals surface area contributed by atoms with Gasteiger partial charge in [-0.25, -0.2) is 4.79 Å². The Morgan fingerprint density at radius 2 is 2.00 bits per heavy atom. The molecule has 1 aliphatic rings. The number of rotatable bonds is 4. The largest absolute Gasteiger partial charge is 0.379 e. The fourth-order valence-electron chi connectivity index (χ4n) is 1.95.